The Morgan fingerprint density at radius 3 is 2.61 bits per heavy atom. The largest absolute Gasteiger partial charge is 0.397 e. The van der Waals surface area contributed by atoms with Crippen molar-refractivity contribution in [2.45, 2.75) is 26.3 Å². The predicted octanol–water partition coefficient (Wildman–Crippen LogP) is 2.90. The van der Waals surface area contributed by atoms with E-state index in [0.717, 1.165) is 6.42 Å². The summed E-state index contributed by atoms with van der Waals surface area (Å²) in [7, 11) is 0. The lowest BCUT2D eigenvalue weighted by Crippen LogP contribution is -2.38. The van der Waals surface area contributed by atoms with Gasteiger partial charge in [0.15, 0.2) is 0 Å². The smallest absolute Gasteiger partial charge is 0.242 e. The van der Waals surface area contributed by atoms with Crippen LogP contribution < -0.4 is 16.4 Å². The third-order valence-corrected chi connectivity index (χ3v) is 3.13. The van der Waals surface area contributed by atoms with E-state index in [0.29, 0.717) is 28.0 Å². The summed E-state index contributed by atoms with van der Waals surface area (Å²) in [5.74, 6) is -0.0812. The molecular formula is C12H17Cl2N3O. The standard InChI is InChI=1S/C12H17Cl2N3O/c1-3-4-16-12(18)7(2)17-11-6-9(14)8(13)5-10(11)15/h5-7,17H,3-4,15H2,1-2H3,(H,16,18). The number of hydrogen-bond donors (Lipinski definition) is 3. The average molecular weight is 290 g/mol. The first kappa shape index (κ1) is 14.9. The number of nitrogen functional groups attached to an aromatic ring is 1. The first-order valence-electron chi connectivity index (χ1n) is 5.74. The van der Waals surface area contributed by atoms with Crippen LogP contribution in [0, 0.1) is 0 Å². The zero-order valence-electron chi connectivity index (χ0n) is 10.4. The van der Waals surface area contributed by atoms with Crippen molar-refractivity contribution in [1.29, 1.82) is 0 Å². The summed E-state index contributed by atoms with van der Waals surface area (Å²) in [6, 6.07) is 2.78. The summed E-state index contributed by atoms with van der Waals surface area (Å²) >= 11 is 11.7. The van der Waals surface area contributed by atoms with E-state index in [-0.39, 0.29) is 5.91 Å². The summed E-state index contributed by atoms with van der Waals surface area (Å²) in [5, 5.41) is 6.59. The molecule has 0 radical (unpaired) electrons. The van der Waals surface area contributed by atoms with E-state index in [1.807, 2.05) is 6.92 Å². The van der Waals surface area contributed by atoms with Crippen LogP contribution in [0.15, 0.2) is 12.1 Å². The molecule has 0 bridgehead atoms. The third kappa shape index (κ3) is 3.96. The fraction of sp³-hybridized carbons (Fsp3) is 0.417. The molecular weight excluding hydrogens is 273 g/mol. The van der Waals surface area contributed by atoms with E-state index in [1.165, 1.54) is 0 Å². The van der Waals surface area contributed by atoms with Crippen LogP contribution in [0.1, 0.15) is 20.3 Å². The lowest BCUT2D eigenvalue weighted by molar-refractivity contribution is -0.121. The predicted molar refractivity (Wildman–Crippen MR) is 77.3 cm³/mol. The highest BCUT2D eigenvalue weighted by Gasteiger charge is 2.14. The maximum absolute atomic E-state index is 11.7. The van der Waals surface area contributed by atoms with Crippen molar-refractivity contribution in [3.63, 3.8) is 0 Å². The molecule has 0 aliphatic carbocycles. The van der Waals surface area contributed by atoms with E-state index >= 15 is 0 Å². The fourth-order valence-corrected chi connectivity index (χ4v) is 1.72. The quantitative estimate of drug-likeness (QED) is 0.730. The molecule has 4 nitrogen and oxygen atoms in total. The topological polar surface area (TPSA) is 67.2 Å². The summed E-state index contributed by atoms with van der Waals surface area (Å²) in [5.41, 5.74) is 6.86. The van der Waals surface area contributed by atoms with Crippen molar-refractivity contribution < 1.29 is 4.79 Å². The number of rotatable bonds is 5. The molecule has 4 N–H and O–H groups in total. The molecule has 0 aliphatic rings. The molecule has 0 aromatic heterocycles. The Kier molecular flexibility index (Phi) is 5.56. The van der Waals surface area contributed by atoms with E-state index in [1.54, 1.807) is 19.1 Å². The highest BCUT2D eigenvalue weighted by molar-refractivity contribution is 6.42. The summed E-state index contributed by atoms with van der Waals surface area (Å²) in [6.45, 7) is 4.41. The van der Waals surface area contributed by atoms with Gasteiger partial charge in [-0.25, -0.2) is 0 Å². The van der Waals surface area contributed by atoms with Crippen LogP contribution in [-0.4, -0.2) is 18.5 Å². The maximum atomic E-state index is 11.7. The maximum Gasteiger partial charge on any atom is 0.242 e. The van der Waals surface area contributed by atoms with Gasteiger partial charge in [0.25, 0.3) is 0 Å². The average Bonchev–Trinajstić information content (AvgIpc) is 2.32. The molecule has 18 heavy (non-hydrogen) atoms. The Morgan fingerprint density at radius 2 is 2.00 bits per heavy atom. The van der Waals surface area contributed by atoms with Gasteiger partial charge in [0, 0.05) is 6.54 Å². The Hall–Kier alpha value is -1.13. The molecule has 0 fully saturated rings. The van der Waals surface area contributed by atoms with Gasteiger partial charge < -0.3 is 16.4 Å². The fourth-order valence-electron chi connectivity index (χ4n) is 1.39. The number of amides is 1. The molecule has 1 rings (SSSR count). The van der Waals surface area contributed by atoms with E-state index in [2.05, 4.69) is 10.6 Å². The van der Waals surface area contributed by atoms with Crippen molar-refractivity contribution in [1.82, 2.24) is 5.32 Å². The summed E-state index contributed by atoms with van der Waals surface area (Å²) in [4.78, 5) is 11.7. The lowest BCUT2D eigenvalue weighted by atomic mass is 10.2. The molecule has 1 amide bonds. The normalized spacial score (nSPS) is 12.0. The molecule has 0 saturated carbocycles. The number of nitrogens with two attached hydrogens (primary N) is 1. The molecule has 1 atom stereocenters. The minimum Gasteiger partial charge on any atom is -0.397 e. The number of benzene rings is 1. The van der Waals surface area contributed by atoms with Crippen molar-refractivity contribution in [2.75, 3.05) is 17.6 Å². The number of halogens is 2. The highest BCUT2D eigenvalue weighted by Crippen LogP contribution is 2.30. The minimum absolute atomic E-state index is 0.0812. The van der Waals surface area contributed by atoms with Crippen LogP contribution >= 0.6 is 23.2 Å². The lowest BCUT2D eigenvalue weighted by Gasteiger charge is -2.17. The third-order valence-electron chi connectivity index (χ3n) is 2.41. The molecule has 0 aliphatic heterocycles. The van der Waals surface area contributed by atoms with Crippen LogP contribution in [0.2, 0.25) is 10.0 Å². The number of nitrogens with one attached hydrogen (secondary N) is 2. The summed E-state index contributed by atoms with van der Waals surface area (Å²) in [6.07, 6.45) is 0.896. The molecule has 100 valence electrons. The number of carbonyl (C=O) groups is 1. The second-order valence-electron chi connectivity index (χ2n) is 4.01. The minimum atomic E-state index is -0.393. The van der Waals surface area contributed by atoms with Crippen LogP contribution in [0.4, 0.5) is 11.4 Å². The van der Waals surface area contributed by atoms with Gasteiger partial charge in [-0.15, -0.1) is 0 Å². The van der Waals surface area contributed by atoms with Gasteiger partial charge in [0.2, 0.25) is 5.91 Å². The second-order valence-corrected chi connectivity index (χ2v) is 4.83. The first-order chi connectivity index (χ1) is 8.45. The zero-order chi connectivity index (χ0) is 13.7. The Bertz CT molecular complexity index is 438. The summed E-state index contributed by atoms with van der Waals surface area (Å²) < 4.78 is 0. The molecule has 0 heterocycles. The van der Waals surface area contributed by atoms with Crippen molar-refractivity contribution in [3.8, 4) is 0 Å². The SMILES string of the molecule is CCCNC(=O)C(C)Nc1cc(Cl)c(Cl)cc1N. The first-order valence-corrected chi connectivity index (χ1v) is 6.50. The van der Waals surface area contributed by atoms with Gasteiger partial charge in [-0.05, 0) is 25.5 Å². The van der Waals surface area contributed by atoms with Crippen LogP contribution in [-0.2, 0) is 4.79 Å². The molecule has 1 unspecified atom stereocenters. The van der Waals surface area contributed by atoms with Gasteiger partial charge in [-0.1, -0.05) is 30.1 Å². The van der Waals surface area contributed by atoms with Gasteiger partial charge in [-0.3, -0.25) is 4.79 Å². The van der Waals surface area contributed by atoms with E-state index in [9.17, 15) is 4.79 Å². The highest BCUT2D eigenvalue weighted by atomic mass is 35.5. The molecule has 0 saturated heterocycles. The molecule has 6 heteroatoms. The van der Waals surface area contributed by atoms with Crippen LogP contribution in [0.3, 0.4) is 0 Å². The number of anilines is 2. The number of carbonyl (C=O) groups excluding carboxylic acids is 1. The second kappa shape index (κ2) is 6.71. The van der Waals surface area contributed by atoms with Gasteiger partial charge in [-0.2, -0.15) is 0 Å². The molecule has 1 aromatic rings. The van der Waals surface area contributed by atoms with E-state index < -0.39 is 6.04 Å². The van der Waals surface area contributed by atoms with Gasteiger partial charge in [0.05, 0.1) is 21.4 Å². The molecule has 0 spiro atoms. The van der Waals surface area contributed by atoms with Crippen LogP contribution in [0.25, 0.3) is 0 Å². The zero-order valence-corrected chi connectivity index (χ0v) is 11.9. The Labute approximate surface area is 117 Å². The monoisotopic (exact) mass is 289 g/mol. The van der Waals surface area contributed by atoms with Crippen molar-refractivity contribution in [3.05, 3.63) is 22.2 Å². The van der Waals surface area contributed by atoms with Gasteiger partial charge in [0.1, 0.15) is 6.04 Å². The van der Waals surface area contributed by atoms with Crippen molar-refractivity contribution >= 4 is 40.5 Å². The van der Waals surface area contributed by atoms with Crippen LogP contribution in [0.5, 0.6) is 0 Å². The Balaban J connectivity index is 2.72. The van der Waals surface area contributed by atoms with Gasteiger partial charge >= 0.3 is 0 Å². The number of hydrogen-bond acceptors (Lipinski definition) is 3. The Morgan fingerprint density at radius 1 is 1.39 bits per heavy atom. The molecule has 1 aromatic carbocycles. The van der Waals surface area contributed by atoms with Crippen molar-refractivity contribution in [2.24, 2.45) is 0 Å². The van der Waals surface area contributed by atoms with E-state index in [4.69, 9.17) is 28.9 Å².